The van der Waals surface area contributed by atoms with Crippen LogP contribution in [-0.2, 0) is 13.0 Å². The molecule has 1 fully saturated rings. The van der Waals surface area contributed by atoms with Gasteiger partial charge >= 0.3 is 0 Å². The van der Waals surface area contributed by atoms with Crippen molar-refractivity contribution in [3.8, 4) is 11.3 Å². The third-order valence-corrected chi connectivity index (χ3v) is 5.64. The summed E-state index contributed by atoms with van der Waals surface area (Å²) in [5, 5.41) is 8.27. The van der Waals surface area contributed by atoms with Crippen molar-refractivity contribution in [1.29, 1.82) is 0 Å². The van der Waals surface area contributed by atoms with Gasteiger partial charge in [0.2, 0.25) is 11.7 Å². The van der Waals surface area contributed by atoms with Gasteiger partial charge in [-0.15, -0.1) is 0 Å². The molecule has 1 saturated heterocycles. The maximum Gasteiger partial charge on any atom is 0.293 e. The van der Waals surface area contributed by atoms with E-state index in [1.807, 2.05) is 13.1 Å². The number of aryl methyl sites for hydroxylation is 1. The van der Waals surface area contributed by atoms with Crippen LogP contribution in [0.4, 0.5) is 4.39 Å². The highest BCUT2D eigenvalue weighted by molar-refractivity contribution is 5.92. The molecule has 0 aliphatic carbocycles. The minimum atomic E-state index is -0.276. The number of amides is 1. The summed E-state index contributed by atoms with van der Waals surface area (Å²) >= 11 is 0. The number of nitrogens with zero attached hydrogens (tertiary/aromatic N) is 5. The van der Waals surface area contributed by atoms with Crippen molar-refractivity contribution in [3.05, 3.63) is 77.7 Å². The van der Waals surface area contributed by atoms with E-state index in [1.165, 1.54) is 12.1 Å². The molecule has 32 heavy (non-hydrogen) atoms. The smallest absolute Gasteiger partial charge is 0.293 e. The maximum absolute atomic E-state index is 13.1. The number of benzene rings is 1. The fourth-order valence-electron chi connectivity index (χ4n) is 3.95. The zero-order valence-corrected chi connectivity index (χ0v) is 17.6. The minimum absolute atomic E-state index is 0.175. The topological polar surface area (TPSA) is 90.2 Å². The molecular formula is C23H22FN5O3. The van der Waals surface area contributed by atoms with Gasteiger partial charge in [-0.2, -0.15) is 5.10 Å². The van der Waals surface area contributed by atoms with Gasteiger partial charge in [0.05, 0.1) is 12.4 Å². The van der Waals surface area contributed by atoms with Crippen LogP contribution in [0.2, 0.25) is 0 Å². The Morgan fingerprint density at radius 2 is 2.09 bits per heavy atom. The molecule has 1 atom stereocenters. The highest BCUT2D eigenvalue weighted by Crippen LogP contribution is 2.33. The lowest BCUT2D eigenvalue weighted by atomic mass is 10.1. The van der Waals surface area contributed by atoms with Crippen molar-refractivity contribution in [3.63, 3.8) is 0 Å². The highest BCUT2D eigenvalue weighted by atomic mass is 19.1. The average molecular weight is 435 g/mol. The quantitative estimate of drug-likeness (QED) is 0.450. The molecule has 1 aromatic carbocycles. The first-order valence-electron chi connectivity index (χ1n) is 10.6. The molecule has 4 heterocycles. The molecule has 1 amide bonds. The first-order valence-corrected chi connectivity index (χ1v) is 10.6. The second kappa shape index (κ2) is 8.41. The van der Waals surface area contributed by atoms with E-state index in [0.717, 1.165) is 30.5 Å². The van der Waals surface area contributed by atoms with Crippen LogP contribution in [0.15, 0.2) is 57.9 Å². The van der Waals surface area contributed by atoms with E-state index < -0.39 is 0 Å². The number of carbonyl (C=O) groups excluding carboxylic acids is 1. The van der Waals surface area contributed by atoms with Gasteiger partial charge in [-0.25, -0.2) is 9.37 Å². The summed E-state index contributed by atoms with van der Waals surface area (Å²) in [5.74, 6) is 0.821. The van der Waals surface area contributed by atoms with E-state index in [9.17, 15) is 9.18 Å². The number of oxazole rings is 1. The summed E-state index contributed by atoms with van der Waals surface area (Å²) in [4.78, 5) is 19.3. The Labute approximate surface area is 183 Å². The van der Waals surface area contributed by atoms with Crippen molar-refractivity contribution >= 4 is 5.91 Å². The molecule has 0 radical (unpaired) electrons. The Balaban J connectivity index is 1.31. The summed E-state index contributed by atoms with van der Waals surface area (Å²) in [6, 6.07) is 7.65. The SMILES string of the molecule is CCn1cc(-c2cc(C(=O)N3CCCC3c3ncc(Cc4ccc(F)cc4)o3)on2)cn1. The molecule has 4 aromatic rings. The van der Waals surface area contributed by atoms with Gasteiger partial charge in [0.25, 0.3) is 5.91 Å². The molecule has 1 aliphatic heterocycles. The number of hydrogen-bond donors (Lipinski definition) is 0. The zero-order valence-electron chi connectivity index (χ0n) is 17.6. The lowest BCUT2D eigenvalue weighted by Crippen LogP contribution is -2.30. The predicted octanol–water partition coefficient (Wildman–Crippen LogP) is 4.25. The number of rotatable bonds is 6. The van der Waals surface area contributed by atoms with Crippen LogP contribution in [0.1, 0.15) is 53.6 Å². The van der Waals surface area contributed by atoms with Crippen molar-refractivity contribution < 1.29 is 18.1 Å². The van der Waals surface area contributed by atoms with Crippen molar-refractivity contribution in [2.75, 3.05) is 6.54 Å². The molecule has 0 N–H and O–H groups in total. The first-order chi connectivity index (χ1) is 15.6. The Morgan fingerprint density at radius 3 is 2.88 bits per heavy atom. The summed E-state index contributed by atoms with van der Waals surface area (Å²) in [5.41, 5.74) is 2.29. The molecular weight excluding hydrogens is 413 g/mol. The number of likely N-dealkylation sites (tertiary alicyclic amines) is 1. The van der Waals surface area contributed by atoms with Crippen molar-refractivity contribution in [2.45, 2.75) is 38.8 Å². The average Bonchev–Trinajstić information content (AvgIpc) is 3.60. The zero-order chi connectivity index (χ0) is 22.1. The van der Waals surface area contributed by atoms with Crippen LogP contribution in [0.25, 0.3) is 11.3 Å². The minimum Gasteiger partial charge on any atom is -0.443 e. The normalized spacial score (nSPS) is 16.1. The summed E-state index contributed by atoms with van der Waals surface area (Å²) in [7, 11) is 0. The van der Waals surface area contributed by atoms with Crippen LogP contribution in [0.5, 0.6) is 0 Å². The van der Waals surface area contributed by atoms with E-state index in [-0.39, 0.29) is 23.5 Å². The molecule has 5 rings (SSSR count). The maximum atomic E-state index is 13.1. The van der Waals surface area contributed by atoms with Crippen LogP contribution in [0, 0.1) is 5.82 Å². The van der Waals surface area contributed by atoms with E-state index in [2.05, 4.69) is 15.2 Å². The number of hydrogen-bond acceptors (Lipinski definition) is 6. The van der Waals surface area contributed by atoms with Gasteiger partial charge < -0.3 is 13.8 Å². The number of carbonyl (C=O) groups is 1. The fourth-order valence-corrected chi connectivity index (χ4v) is 3.95. The molecule has 0 bridgehead atoms. The second-order valence-corrected chi connectivity index (χ2v) is 7.79. The second-order valence-electron chi connectivity index (χ2n) is 7.79. The Morgan fingerprint density at radius 1 is 1.25 bits per heavy atom. The molecule has 9 heteroatoms. The Hall–Kier alpha value is -3.75. The van der Waals surface area contributed by atoms with E-state index in [1.54, 1.807) is 40.2 Å². The number of aromatic nitrogens is 4. The molecule has 0 saturated carbocycles. The molecule has 164 valence electrons. The van der Waals surface area contributed by atoms with Gasteiger partial charge in [0, 0.05) is 37.3 Å². The summed E-state index contributed by atoms with van der Waals surface area (Å²) < 4.78 is 26.2. The van der Waals surface area contributed by atoms with Gasteiger partial charge in [0.1, 0.15) is 23.3 Å². The predicted molar refractivity (Wildman–Crippen MR) is 112 cm³/mol. The van der Waals surface area contributed by atoms with Crippen molar-refractivity contribution in [1.82, 2.24) is 24.8 Å². The van der Waals surface area contributed by atoms with Crippen LogP contribution in [0.3, 0.4) is 0 Å². The van der Waals surface area contributed by atoms with Crippen molar-refractivity contribution in [2.24, 2.45) is 0 Å². The lowest BCUT2D eigenvalue weighted by Gasteiger charge is -2.20. The first kappa shape index (κ1) is 20.2. The summed E-state index contributed by atoms with van der Waals surface area (Å²) in [6.45, 7) is 3.33. The van der Waals surface area contributed by atoms with Gasteiger partial charge in [-0.3, -0.25) is 9.48 Å². The van der Waals surface area contributed by atoms with E-state index >= 15 is 0 Å². The molecule has 8 nitrogen and oxygen atoms in total. The monoisotopic (exact) mass is 435 g/mol. The lowest BCUT2D eigenvalue weighted by molar-refractivity contribution is 0.0672. The van der Waals surface area contributed by atoms with Gasteiger partial charge in [0.15, 0.2) is 0 Å². The fraction of sp³-hybridized carbons (Fsp3) is 0.304. The Kier molecular flexibility index (Phi) is 5.30. The third kappa shape index (κ3) is 3.93. The molecule has 1 unspecified atom stereocenters. The molecule has 0 spiro atoms. The van der Waals surface area contributed by atoms with Crippen LogP contribution < -0.4 is 0 Å². The largest absolute Gasteiger partial charge is 0.443 e. The summed E-state index contributed by atoms with van der Waals surface area (Å²) in [6.07, 6.45) is 7.33. The van der Waals surface area contributed by atoms with E-state index in [4.69, 9.17) is 8.94 Å². The highest BCUT2D eigenvalue weighted by Gasteiger charge is 2.35. The Bertz CT molecular complexity index is 1230. The molecule has 1 aliphatic rings. The van der Waals surface area contributed by atoms with Gasteiger partial charge in [-0.05, 0) is 37.5 Å². The number of halogens is 1. The van der Waals surface area contributed by atoms with Gasteiger partial charge in [-0.1, -0.05) is 17.3 Å². The van der Waals surface area contributed by atoms with Crippen LogP contribution >= 0.6 is 0 Å². The molecule has 3 aromatic heterocycles. The standard InChI is InChI=1S/C23H22FN5O3/c1-2-28-14-16(12-26-28)19-11-21(32-27-19)23(30)29-9-3-4-20(29)22-25-13-18(31-22)10-15-5-7-17(24)8-6-15/h5-8,11-14,20H,2-4,9-10H2,1H3. The third-order valence-electron chi connectivity index (χ3n) is 5.64. The van der Waals surface area contributed by atoms with Crippen LogP contribution in [-0.4, -0.2) is 37.3 Å². The van der Waals surface area contributed by atoms with E-state index in [0.29, 0.717) is 30.3 Å².